The van der Waals surface area contributed by atoms with Gasteiger partial charge >= 0.3 is 11.9 Å². The van der Waals surface area contributed by atoms with Gasteiger partial charge in [0.05, 0.1) is 10.9 Å². The van der Waals surface area contributed by atoms with Gasteiger partial charge in [0.15, 0.2) is 5.82 Å². The number of benzene rings is 1. The van der Waals surface area contributed by atoms with Gasteiger partial charge in [0.2, 0.25) is 5.17 Å². The Bertz CT molecular complexity index is 911. The van der Waals surface area contributed by atoms with Crippen LogP contribution in [0, 0.1) is 0 Å². The molecule has 3 heterocycles. The van der Waals surface area contributed by atoms with Crippen molar-refractivity contribution >= 4 is 44.4 Å². The van der Waals surface area contributed by atoms with E-state index in [0.29, 0.717) is 18.7 Å². The number of para-hydroxylation sites is 1. The molecule has 25 heavy (non-hydrogen) atoms. The van der Waals surface area contributed by atoms with Gasteiger partial charge < -0.3 is 14.1 Å². The molecular formula is C17H17N3O4S. The lowest BCUT2D eigenvalue weighted by atomic mass is 10.2. The third-order valence-electron chi connectivity index (χ3n) is 4.07. The molecule has 0 bridgehead atoms. The van der Waals surface area contributed by atoms with E-state index in [9.17, 15) is 9.59 Å². The second-order valence-electron chi connectivity index (χ2n) is 5.83. The molecule has 7 nitrogen and oxygen atoms in total. The molecule has 0 unspecified atom stereocenters. The third-order valence-corrected chi connectivity index (χ3v) is 6.13. The zero-order valence-corrected chi connectivity index (χ0v) is 14.2. The zero-order chi connectivity index (χ0) is 17.4. The number of amidine groups is 1. The van der Waals surface area contributed by atoms with E-state index in [1.807, 2.05) is 41.1 Å². The van der Waals surface area contributed by atoms with Crippen molar-refractivity contribution in [1.82, 2.24) is 4.57 Å². The first-order valence-electron chi connectivity index (χ1n) is 7.98. The molecular weight excluding hydrogens is 342 g/mol. The molecule has 8 heteroatoms. The number of aliphatic imine (C=N–C) groups is 1. The van der Waals surface area contributed by atoms with E-state index in [2.05, 4.69) is 4.99 Å². The molecule has 0 aliphatic carbocycles. The first-order chi connectivity index (χ1) is 12.1. The van der Waals surface area contributed by atoms with Gasteiger partial charge in [-0.3, -0.25) is 14.2 Å². The molecule has 1 fully saturated rings. The second kappa shape index (κ2) is 5.96. The maximum atomic E-state index is 12.1. The Hall–Kier alpha value is -2.74. The SMILES string of the molecule is NC1=NC(n2ccc3ccccc32)=CS12OC(=O)CCCCC(=O)O2. The summed E-state index contributed by atoms with van der Waals surface area (Å²) in [5, 5.41) is 2.62. The van der Waals surface area contributed by atoms with E-state index in [0.717, 1.165) is 10.9 Å². The Morgan fingerprint density at radius 1 is 1.04 bits per heavy atom. The molecule has 0 amide bonds. The Labute approximate surface area is 145 Å². The fourth-order valence-electron chi connectivity index (χ4n) is 2.84. The number of aromatic nitrogens is 1. The number of nitrogens with zero attached hydrogens (tertiary/aromatic N) is 2. The summed E-state index contributed by atoms with van der Waals surface area (Å²) in [6, 6.07) is 9.75. The first-order valence-corrected chi connectivity index (χ1v) is 9.52. The standard InChI is InChI=1S/C17H17N3O4S/c18-17-19-14(20-10-9-12-5-1-2-6-13(12)20)11-25(17)23-15(21)7-3-4-8-16(22)24-25/h1-2,5-6,9-11H,3-4,7-8H2,(H2,18,19). The molecule has 1 saturated heterocycles. The summed E-state index contributed by atoms with van der Waals surface area (Å²) >= 11 is 0. The average molecular weight is 359 g/mol. The molecule has 2 aromatic rings. The Kier molecular flexibility index (Phi) is 3.76. The lowest BCUT2D eigenvalue weighted by Crippen LogP contribution is -2.25. The molecule has 1 aromatic heterocycles. The fraction of sp³-hybridized carbons (Fsp3) is 0.235. The lowest BCUT2D eigenvalue weighted by Gasteiger charge is -2.33. The maximum absolute atomic E-state index is 12.1. The lowest BCUT2D eigenvalue weighted by molar-refractivity contribution is -0.135. The van der Waals surface area contributed by atoms with Gasteiger partial charge in [0, 0.05) is 19.0 Å². The van der Waals surface area contributed by atoms with E-state index >= 15 is 0 Å². The van der Waals surface area contributed by atoms with Gasteiger partial charge in [0.25, 0.3) is 0 Å². The van der Waals surface area contributed by atoms with Crippen LogP contribution >= 0.6 is 10.6 Å². The largest absolute Gasteiger partial charge is 0.368 e. The van der Waals surface area contributed by atoms with Crippen LogP contribution in [-0.2, 0) is 18.0 Å². The van der Waals surface area contributed by atoms with Crippen LogP contribution in [0.25, 0.3) is 16.7 Å². The van der Waals surface area contributed by atoms with E-state index in [-0.39, 0.29) is 18.0 Å². The molecule has 0 radical (unpaired) electrons. The number of hydrogen-bond acceptors (Lipinski definition) is 6. The maximum Gasteiger partial charge on any atom is 0.330 e. The quantitative estimate of drug-likeness (QED) is 0.844. The smallest absolute Gasteiger partial charge is 0.330 e. The van der Waals surface area contributed by atoms with Gasteiger partial charge in [-0.15, -0.1) is 0 Å². The van der Waals surface area contributed by atoms with Crippen LogP contribution in [0.15, 0.2) is 46.9 Å². The van der Waals surface area contributed by atoms with Crippen LogP contribution < -0.4 is 5.73 Å². The van der Waals surface area contributed by atoms with Crippen LogP contribution in [0.1, 0.15) is 25.7 Å². The molecule has 2 aliphatic rings. The van der Waals surface area contributed by atoms with Crippen molar-refractivity contribution < 1.29 is 18.0 Å². The van der Waals surface area contributed by atoms with Crippen LogP contribution in [0.5, 0.6) is 0 Å². The van der Waals surface area contributed by atoms with E-state index in [1.165, 1.54) is 0 Å². The van der Waals surface area contributed by atoms with Crippen molar-refractivity contribution in [2.45, 2.75) is 25.7 Å². The highest BCUT2D eigenvalue weighted by molar-refractivity contribution is 8.41. The van der Waals surface area contributed by atoms with Gasteiger partial charge in [-0.25, -0.2) is 0 Å². The summed E-state index contributed by atoms with van der Waals surface area (Å²) < 4.78 is 12.8. The van der Waals surface area contributed by atoms with Crippen molar-refractivity contribution in [2.75, 3.05) is 0 Å². The molecule has 2 N–H and O–H groups in total. The number of carbonyl (C=O) groups is 2. The van der Waals surface area contributed by atoms with Gasteiger partial charge in [-0.1, -0.05) is 18.2 Å². The van der Waals surface area contributed by atoms with Crippen molar-refractivity contribution in [3.05, 3.63) is 41.9 Å². The molecule has 0 atom stereocenters. The summed E-state index contributed by atoms with van der Waals surface area (Å²) in [7, 11) is -2.82. The van der Waals surface area contributed by atoms with E-state index in [1.54, 1.807) is 5.41 Å². The molecule has 2 aliphatic heterocycles. The van der Waals surface area contributed by atoms with Gasteiger partial charge in [0.1, 0.15) is 0 Å². The van der Waals surface area contributed by atoms with Crippen molar-refractivity contribution in [1.29, 1.82) is 0 Å². The highest BCUT2D eigenvalue weighted by atomic mass is 32.3. The number of rotatable bonds is 1. The third kappa shape index (κ3) is 2.78. The molecule has 1 spiro atoms. The summed E-state index contributed by atoms with van der Waals surface area (Å²) in [6.07, 6.45) is 3.48. The van der Waals surface area contributed by atoms with Gasteiger partial charge in [-0.05, 0) is 41.0 Å². The van der Waals surface area contributed by atoms with Crippen LogP contribution in [0.2, 0.25) is 0 Å². The minimum Gasteiger partial charge on any atom is -0.368 e. The van der Waals surface area contributed by atoms with Crippen molar-refractivity contribution in [3.8, 4) is 0 Å². The second-order valence-corrected chi connectivity index (χ2v) is 7.91. The van der Waals surface area contributed by atoms with Crippen LogP contribution in [-0.4, -0.2) is 21.7 Å². The Balaban J connectivity index is 1.78. The summed E-state index contributed by atoms with van der Waals surface area (Å²) in [5.41, 5.74) is 6.98. The Morgan fingerprint density at radius 2 is 1.72 bits per heavy atom. The predicted molar refractivity (Wildman–Crippen MR) is 96.1 cm³/mol. The normalized spacial score (nSPS) is 21.6. The van der Waals surface area contributed by atoms with Crippen LogP contribution in [0.3, 0.4) is 0 Å². The first kappa shape index (κ1) is 15.8. The van der Waals surface area contributed by atoms with Crippen LogP contribution in [0.4, 0.5) is 0 Å². The number of carbonyl (C=O) groups excluding carboxylic acids is 2. The monoisotopic (exact) mass is 359 g/mol. The molecule has 0 saturated carbocycles. The minimum atomic E-state index is -2.82. The summed E-state index contributed by atoms with van der Waals surface area (Å²) in [4.78, 5) is 28.5. The minimum absolute atomic E-state index is 0.0175. The topological polar surface area (TPSA) is 95.9 Å². The highest BCUT2D eigenvalue weighted by Crippen LogP contribution is 2.58. The highest BCUT2D eigenvalue weighted by Gasteiger charge is 2.37. The van der Waals surface area contributed by atoms with Gasteiger partial charge in [-0.2, -0.15) is 4.99 Å². The summed E-state index contributed by atoms with van der Waals surface area (Å²) in [6.45, 7) is 0. The average Bonchev–Trinajstić information content (AvgIpc) is 3.14. The van der Waals surface area contributed by atoms with Crippen molar-refractivity contribution in [2.24, 2.45) is 10.7 Å². The van der Waals surface area contributed by atoms with Crippen molar-refractivity contribution in [3.63, 3.8) is 0 Å². The number of hydrogen-bond donors (Lipinski definition) is 1. The fourth-order valence-corrected chi connectivity index (χ4v) is 4.65. The van der Waals surface area contributed by atoms with E-state index in [4.69, 9.17) is 14.1 Å². The molecule has 1 aromatic carbocycles. The number of fused-ring (bicyclic) bond motifs is 1. The Morgan fingerprint density at radius 3 is 2.44 bits per heavy atom. The van der Waals surface area contributed by atoms with E-state index < -0.39 is 22.5 Å². The molecule has 4 rings (SSSR count). The number of nitrogens with two attached hydrogens (primary N) is 1. The summed E-state index contributed by atoms with van der Waals surface area (Å²) in [5.74, 6) is -0.385. The molecule has 130 valence electrons. The zero-order valence-electron chi connectivity index (χ0n) is 13.4. The predicted octanol–water partition coefficient (Wildman–Crippen LogP) is 3.02.